The number of rotatable bonds is 0. The summed E-state index contributed by atoms with van der Waals surface area (Å²) in [4.78, 5) is 0. The van der Waals surface area contributed by atoms with Crippen LogP contribution in [-0.2, 0) is 29.4 Å². The van der Waals surface area contributed by atoms with Crippen LogP contribution in [0.4, 0.5) is 0 Å². The summed E-state index contributed by atoms with van der Waals surface area (Å²) in [5.41, 5.74) is 7.61. The Morgan fingerprint density at radius 3 is 2.14 bits per heavy atom. The second kappa shape index (κ2) is 13.8. The number of benzene rings is 1. The first-order valence-corrected chi connectivity index (χ1v) is 21.5. The molecular weight excluding hydrogens is 662 g/mol. The first-order valence-electron chi connectivity index (χ1n) is 13.6. The van der Waals surface area contributed by atoms with Gasteiger partial charge in [0.1, 0.15) is 0 Å². The van der Waals surface area contributed by atoms with Crippen LogP contribution in [0.25, 0.3) is 0 Å². The summed E-state index contributed by atoms with van der Waals surface area (Å²) in [6.07, 6.45) is 8.52. The van der Waals surface area contributed by atoms with Gasteiger partial charge in [-0.1, -0.05) is 99.1 Å². The van der Waals surface area contributed by atoms with Gasteiger partial charge < -0.3 is 24.8 Å². The summed E-state index contributed by atoms with van der Waals surface area (Å²) in [7, 11) is 0. The minimum absolute atomic E-state index is 0. The summed E-state index contributed by atoms with van der Waals surface area (Å²) in [6.45, 7) is 14.7. The van der Waals surface area contributed by atoms with E-state index in [0.717, 1.165) is 29.6 Å². The maximum atomic E-state index is 2.51. The first kappa shape index (κ1) is 32.1. The Balaban J connectivity index is 0.000000357. The topological polar surface area (TPSA) is 0 Å². The van der Waals surface area contributed by atoms with Crippen molar-refractivity contribution in [3.8, 4) is 0 Å². The smallest absolute Gasteiger partial charge is 0.172 e. The zero-order valence-corrected chi connectivity index (χ0v) is 29.2. The van der Waals surface area contributed by atoms with Crippen LogP contribution in [-0.4, -0.2) is 5.49 Å². The first-order chi connectivity index (χ1) is 16.2. The standard InChI is InChI=1S/C25H33.C5H5.C2H6Si.2ClH.Hf/c1-15-13-21-19-11-7-8-12-20(19)24-18-10-6-5-9-17(18)14-22(24)23(21)16(2)25(15,3)4;1-2-4-5-3-1;1-3-2;;;/h5-6,9-10,15,19-21,24H,7-8,11-14H2,1-4H3;1-5H;1-2H3;2*1H;/q2*-1;;;;+2/p-2. The molecule has 6 rings (SSSR count). The van der Waals surface area contributed by atoms with Gasteiger partial charge in [0.2, 0.25) is 0 Å². The second-order valence-corrected chi connectivity index (χ2v) is 24.7. The fourth-order valence-electron chi connectivity index (χ4n) is 7.33. The molecule has 0 radical (unpaired) electrons. The molecule has 0 amide bonds. The van der Waals surface area contributed by atoms with E-state index in [4.69, 9.17) is 0 Å². The zero-order chi connectivity index (χ0) is 24.5. The van der Waals surface area contributed by atoms with E-state index in [0.29, 0.717) is 5.41 Å². The van der Waals surface area contributed by atoms with Gasteiger partial charge in [-0.25, -0.2) is 29.2 Å². The van der Waals surface area contributed by atoms with E-state index < -0.39 is 0 Å². The van der Waals surface area contributed by atoms with E-state index in [9.17, 15) is 0 Å². The fourth-order valence-corrected chi connectivity index (χ4v) is 7.33. The molecule has 4 aliphatic rings. The van der Waals surface area contributed by atoms with Crippen LogP contribution in [0.2, 0.25) is 13.1 Å². The molecule has 36 heavy (non-hydrogen) atoms. The molecule has 0 nitrogen and oxygen atoms in total. The van der Waals surface area contributed by atoms with Gasteiger partial charge >= 0.3 is 41.6 Å². The molecule has 2 aromatic carbocycles. The Hall–Kier alpha value is -0.153. The molecule has 2 saturated carbocycles. The molecule has 5 unspecified atom stereocenters. The molecule has 2 aromatic rings. The van der Waals surface area contributed by atoms with Crippen molar-refractivity contribution in [1.82, 2.24) is 0 Å². The molecule has 196 valence electrons. The van der Waals surface area contributed by atoms with Crippen molar-refractivity contribution in [3.63, 3.8) is 0 Å². The number of hydrogen-bond acceptors (Lipinski definition) is 0. The Morgan fingerprint density at radius 2 is 1.56 bits per heavy atom. The van der Waals surface area contributed by atoms with Crippen LogP contribution in [0, 0.1) is 35.0 Å². The van der Waals surface area contributed by atoms with Crippen LogP contribution >= 0.6 is 0 Å². The third-order valence-corrected chi connectivity index (χ3v) is 9.45. The van der Waals surface area contributed by atoms with Crippen LogP contribution in [0.15, 0.2) is 65.7 Å². The van der Waals surface area contributed by atoms with Crippen LogP contribution in [0.5, 0.6) is 0 Å². The molecule has 0 spiro atoms. The minimum Gasteiger partial charge on any atom is -1.00 e. The Morgan fingerprint density at radius 1 is 0.972 bits per heavy atom. The van der Waals surface area contributed by atoms with Gasteiger partial charge in [-0.2, -0.15) is 18.2 Å². The van der Waals surface area contributed by atoms with Gasteiger partial charge in [-0.15, -0.1) is 6.92 Å². The predicted octanol–water partition coefficient (Wildman–Crippen LogP) is 2.92. The van der Waals surface area contributed by atoms with E-state index in [2.05, 4.69) is 65.1 Å². The van der Waals surface area contributed by atoms with Crippen molar-refractivity contribution < 1.29 is 47.8 Å². The number of allylic oxidation sites excluding steroid dienone is 2. The van der Waals surface area contributed by atoms with E-state index in [1.54, 1.807) is 17.0 Å². The average molecular weight is 706 g/mol. The fraction of sp³-hybridized carbons (Fsp3) is 0.562. The van der Waals surface area contributed by atoms with Gasteiger partial charge in [0.15, 0.2) is 0 Å². The molecule has 0 bridgehead atoms. The van der Waals surface area contributed by atoms with Gasteiger partial charge in [0.05, 0.1) is 0 Å². The number of halogens is 2. The van der Waals surface area contributed by atoms with E-state index in [-0.39, 0.29) is 30.3 Å². The molecule has 0 aliphatic heterocycles. The van der Waals surface area contributed by atoms with Crippen molar-refractivity contribution >= 4 is 5.49 Å². The van der Waals surface area contributed by atoms with Crippen molar-refractivity contribution in [2.75, 3.05) is 0 Å². The van der Waals surface area contributed by atoms with E-state index >= 15 is 0 Å². The van der Waals surface area contributed by atoms with Crippen LogP contribution in [0.1, 0.15) is 76.8 Å². The largest absolute Gasteiger partial charge is 1.00 e. The molecule has 4 heteroatoms. The van der Waals surface area contributed by atoms with E-state index in [1.807, 2.05) is 41.5 Å². The number of fused-ring (bicyclic) bond motifs is 7. The average Bonchev–Trinajstić information content (AvgIpc) is 3.49. The maximum absolute atomic E-state index is 2.51. The Kier molecular flexibility index (Phi) is 12.3. The van der Waals surface area contributed by atoms with Gasteiger partial charge in [-0.05, 0) is 30.6 Å². The summed E-state index contributed by atoms with van der Waals surface area (Å²) in [5.74, 6) is 6.00. The van der Waals surface area contributed by atoms with E-state index in [1.165, 1.54) is 61.5 Å². The van der Waals surface area contributed by atoms with Gasteiger partial charge in [0.25, 0.3) is 0 Å². The van der Waals surface area contributed by atoms with Crippen LogP contribution < -0.4 is 24.8 Å². The zero-order valence-electron chi connectivity index (χ0n) is 23.1. The monoisotopic (exact) mass is 706 g/mol. The SMILES string of the molecule is C[C-]1C2=C3Cc4ccccc4C3C3CCCCC3C2CC(C)C1(C)C.C[Si](C)=[Hf+2].[Cl-].[Cl-].c1cc[cH-]c1. The van der Waals surface area contributed by atoms with Gasteiger partial charge in [-0.3, -0.25) is 0 Å². The van der Waals surface area contributed by atoms with Crippen molar-refractivity contribution in [3.05, 3.63) is 82.8 Å². The summed E-state index contributed by atoms with van der Waals surface area (Å²) >= 11 is 1.45. The normalized spacial score (nSPS) is 28.8. The predicted molar refractivity (Wildman–Crippen MR) is 145 cm³/mol. The number of hydrogen-bond donors (Lipinski definition) is 0. The molecule has 2 fully saturated rings. The quantitative estimate of drug-likeness (QED) is 0.293. The molecular formula is C32H44Cl2HfSi-2. The van der Waals surface area contributed by atoms with Crippen LogP contribution in [0.3, 0.4) is 0 Å². The van der Waals surface area contributed by atoms with Crippen molar-refractivity contribution in [2.45, 2.75) is 85.2 Å². The Labute approximate surface area is 248 Å². The molecule has 0 aromatic heterocycles. The Bertz CT molecular complexity index is 988. The summed E-state index contributed by atoms with van der Waals surface area (Å²) in [5, 5.41) is 0. The maximum Gasteiger partial charge on any atom is -0.172 e. The summed E-state index contributed by atoms with van der Waals surface area (Å²) in [6, 6.07) is 19.4. The molecule has 0 heterocycles. The third-order valence-electron chi connectivity index (χ3n) is 9.45. The summed E-state index contributed by atoms with van der Waals surface area (Å²) < 4.78 is 0. The van der Waals surface area contributed by atoms with Crippen molar-refractivity contribution in [2.24, 2.45) is 29.1 Å². The second-order valence-electron chi connectivity index (χ2n) is 12.0. The van der Waals surface area contributed by atoms with Crippen molar-refractivity contribution in [1.29, 1.82) is 0 Å². The molecule has 0 saturated heterocycles. The molecule has 5 atom stereocenters. The molecule has 0 N–H and O–H groups in total. The van der Waals surface area contributed by atoms with Gasteiger partial charge in [0, 0.05) is 0 Å². The minimum atomic E-state index is 0. The molecule has 4 aliphatic carbocycles. The third kappa shape index (κ3) is 6.52.